The molecule has 1 atom stereocenters. The third-order valence-electron chi connectivity index (χ3n) is 5.69. The minimum absolute atomic E-state index is 0.00663. The van der Waals surface area contributed by atoms with Gasteiger partial charge in [-0.2, -0.15) is 0 Å². The highest BCUT2D eigenvalue weighted by molar-refractivity contribution is 5.65. The maximum Gasteiger partial charge on any atom is 0.142 e. The van der Waals surface area contributed by atoms with Crippen molar-refractivity contribution in [1.29, 1.82) is 0 Å². The first-order valence-corrected chi connectivity index (χ1v) is 11.9. The molecule has 0 aromatic carbocycles. The highest BCUT2D eigenvalue weighted by Gasteiger charge is 2.31. The number of rotatable bonds is 10. The third kappa shape index (κ3) is 11.8. The fraction of sp³-hybridized carbons (Fsp3) is 0.344. The van der Waals surface area contributed by atoms with Gasteiger partial charge in [-0.15, -0.1) is 0 Å². The van der Waals surface area contributed by atoms with Crippen LogP contribution in [-0.4, -0.2) is 17.5 Å². The fourth-order valence-corrected chi connectivity index (χ4v) is 3.93. The number of carbonyl (C=O) groups is 1. The van der Waals surface area contributed by atoms with Crippen molar-refractivity contribution in [3.63, 3.8) is 0 Å². The number of aliphatic hydroxyl groups excluding tert-OH is 1. The average Bonchev–Trinajstić information content (AvgIpc) is 2.74. The van der Waals surface area contributed by atoms with Crippen LogP contribution in [0.15, 0.2) is 119 Å². The molecule has 2 nitrogen and oxygen atoms in total. The smallest absolute Gasteiger partial charge is 0.142 e. The molecular weight excluding hydrogens is 416 g/mol. The zero-order valence-electron chi connectivity index (χ0n) is 22.0. The summed E-state index contributed by atoms with van der Waals surface area (Å²) in [5, 5.41) is 10.1. The Morgan fingerprint density at radius 2 is 1.21 bits per heavy atom. The van der Waals surface area contributed by atoms with Gasteiger partial charge in [0.25, 0.3) is 0 Å². The minimum atomic E-state index is -0.226. The van der Waals surface area contributed by atoms with E-state index in [9.17, 15) is 9.90 Å². The molecule has 0 spiro atoms. The van der Waals surface area contributed by atoms with Crippen LogP contribution in [0.4, 0.5) is 0 Å². The molecule has 0 saturated carbocycles. The van der Waals surface area contributed by atoms with E-state index < -0.39 is 0 Å². The van der Waals surface area contributed by atoms with Crippen molar-refractivity contribution >= 4 is 6.29 Å². The molecule has 0 radical (unpaired) electrons. The number of aliphatic hydroxyl groups is 1. The molecule has 0 fully saturated rings. The molecule has 1 N–H and O–H groups in total. The van der Waals surface area contributed by atoms with E-state index in [1.807, 2.05) is 37.3 Å². The summed E-state index contributed by atoms with van der Waals surface area (Å²) in [6.45, 7) is 14.7. The Morgan fingerprint density at radius 1 is 0.765 bits per heavy atom. The maximum absolute atomic E-state index is 10.3. The van der Waals surface area contributed by atoms with Crippen molar-refractivity contribution in [1.82, 2.24) is 0 Å². The largest absolute Gasteiger partial charge is 0.393 e. The van der Waals surface area contributed by atoms with E-state index in [1.165, 1.54) is 28.4 Å². The van der Waals surface area contributed by atoms with Crippen LogP contribution in [0.25, 0.3) is 0 Å². The van der Waals surface area contributed by atoms with Crippen LogP contribution in [0.5, 0.6) is 0 Å². The van der Waals surface area contributed by atoms with Crippen molar-refractivity contribution < 1.29 is 9.90 Å². The van der Waals surface area contributed by atoms with Gasteiger partial charge < -0.3 is 5.11 Å². The van der Waals surface area contributed by atoms with Gasteiger partial charge in [0.05, 0.1) is 6.10 Å². The Morgan fingerprint density at radius 3 is 1.68 bits per heavy atom. The molecule has 0 unspecified atom stereocenters. The van der Waals surface area contributed by atoms with E-state index in [-0.39, 0.29) is 11.5 Å². The lowest BCUT2D eigenvalue weighted by molar-refractivity contribution is -0.104. The molecule has 0 aliphatic heterocycles. The Hall–Kier alpha value is -2.97. The van der Waals surface area contributed by atoms with Crippen LogP contribution in [-0.2, 0) is 4.79 Å². The van der Waals surface area contributed by atoms with Gasteiger partial charge in [-0.05, 0) is 64.5 Å². The van der Waals surface area contributed by atoms with Gasteiger partial charge in [0.2, 0.25) is 0 Å². The highest BCUT2D eigenvalue weighted by atomic mass is 16.3. The molecule has 1 aliphatic carbocycles. The van der Waals surface area contributed by atoms with Crippen molar-refractivity contribution in [2.24, 2.45) is 5.41 Å². The van der Waals surface area contributed by atoms with E-state index in [0.717, 1.165) is 30.3 Å². The Kier molecular flexibility index (Phi) is 12.8. The topological polar surface area (TPSA) is 37.3 Å². The van der Waals surface area contributed by atoms with Gasteiger partial charge >= 0.3 is 0 Å². The molecule has 0 aromatic rings. The fourth-order valence-electron chi connectivity index (χ4n) is 3.93. The summed E-state index contributed by atoms with van der Waals surface area (Å²) < 4.78 is 0. The van der Waals surface area contributed by atoms with Crippen LogP contribution in [0.2, 0.25) is 0 Å². The lowest BCUT2D eigenvalue weighted by Crippen LogP contribution is -2.28. The van der Waals surface area contributed by atoms with Crippen molar-refractivity contribution in [3.05, 3.63) is 119 Å². The molecule has 0 bridgehead atoms. The maximum atomic E-state index is 10.3. The standard InChI is InChI=1S/C32H42O2/c1-25(15-10-17-27(3)19-12-22-33)13-8-9-14-26(2)16-11-18-28(4)20-21-31-29(5)23-30(34)24-32(31,6)7/h8-22,30,34H,23-24H2,1-7H3/b9-8+,15-10+,16-11+,19-12+,21-20+,25-13+,26-14-,27-17+,28-18+/t30-/m1/s1. The lowest BCUT2D eigenvalue weighted by atomic mass is 9.71. The first-order valence-electron chi connectivity index (χ1n) is 11.9. The summed E-state index contributed by atoms with van der Waals surface area (Å²) in [4.78, 5) is 10.3. The molecule has 182 valence electrons. The van der Waals surface area contributed by atoms with Crippen molar-refractivity contribution in [2.45, 2.75) is 67.4 Å². The minimum Gasteiger partial charge on any atom is -0.393 e. The Bertz CT molecular complexity index is 996. The summed E-state index contributed by atoms with van der Waals surface area (Å²) in [6.07, 6.45) is 30.3. The van der Waals surface area contributed by atoms with Gasteiger partial charge in [0, 0.05) is 0 Å². The van der Waals surface area contributed by atoms with Gasteiger partial charge in [0.15, 0.2) is 0 Å². The SMILES string of the molecule is CC1=C(/C=C/C(C)=C/C=C/C(C)=C\C=C\C=C(C)\C=C\C=C(C)\C=C\C=O)C(C)(C)C[C@H](O)C1. The number of hydrogen-bond donors (Lipinski definition) is 1. The number of hydrogen-bond acceptors (Lipinski definition) is 2. The van der Waals surface area contributed by atoms with Crippen LogP contribution in [0.1, 0.15) is 61.3 Å². The second-order valence-electron chi connectivity index (χ2n) is 9.71. The average molecular weight is 459 g/mol. The van der Waals surface area contributed by atoms with Gasteiger partial charge in [-0.1, -0.05) is 121 Å². The predicted molar refractivity (Wildman–Crippen MR) is 149 cm³/mol. The van der Waals surface area contributed by atoms with Crippen LogP contribution in [0.3, 0.4) is 0 Å². The van der Waals surface area contributed by atoms with Crippen LogP contribution in [0, 0.1) is 5.41 Å². The molecule has 0 amide bonds. The first kappa shape index (κ1) is 29.1. The number of carbonyl (C=O) groups excluding carboxylic acids is 1. The van der Waals surface area contributed by atoms with E-state index in [1.54, 1.807) is 6.08 Å². The second kappa shape index (κ2) is 15.0. The van der Waals surface area contributed by atoms with E-state index in [0.29, 0.717) is 0 Å². The molecule has 34 heavy (non-hydrogen) atoms. The predicted octanol–water partition coefficient (Wildman–Crippen LogP) is 8.25. The first-order chi connectivity index (χ1) is 16.0. The van der Waals surface area contributed by atoms with Gasteiger partial charge in [0.1, 0.15) is 6.29 Å². The van der Waals surface area contributed by atoms with Crippen molar-refractivity contribution in [3.8, 4) is 0 Å². The number of allylic oxidation sites excluding steroid dienone is 19. The summed E-state index contributed by atoms with van der Waals surface area (Å²) >= 11 is 0. The highest BCUT2D eigenvalue weighted by Crippen LogP contribution is 2.41. The summed E-state index contributed by atoms with van der Waals surface area (Å²) in [6, 6.07) is 0. The normalized spacial score (nSPS) is 21.4. The van der Waals surface area contributed by atoms with Gasteiger partial charge in [-0.3, -0.25) is 4.79 Å². The molecule has 2 heteroatoms. The molecule has 1 aliphatic rings. The third-order valence-corrected chi connectivity index (χ3v) is 5.69. The number of aldehydes is 1. The van der Waals surface area contributed by atoms with Crippen LogP contribution >= 0.6 is 0 Å². The summed E-state index contributed by atoms with van der Waals surface area (Å²) in [7, 11) is 0. The molecule has 0 aromatic heterocycles. The monoisotopic (exact) mass is 458 g/mol. The lowest BCUT2D eigenvalue weighted by Gasteiger charge is -2.35. The van der Waals surface area contributed by atoms with Gasteiger partial charge in [-0.25, -0.2) is 0 Å². The molecular formula is C32H42O2. The zero-order valence-corrected chi connectivity index (χ0v) is 22.0. The summed E-state index contributed by atoms with van der Waals surface area (Å²) in [5.41, 5.74) is 7.17. The quantitative estimate of drug-likeness (QED) is 0.203. The Balaban J connectivity index is 2.66. The van der Waals surface area contributed by atoms with Crippen molar-refractivity contribution in [2.75, 3.05) is 0 Å². The molecule has 0 heterocycles. The van der Waals surface area contributed by atoms with E-state index >= 15 is 0 Å². The Labute approximate surface area is 207 Å². The van der Waals surface area contributed by atoms with Crippen LogP contribution < -0.4 is 0 Å². The molecule has 1 rings (SSSR count). The van der Waals surface area contributed by atoms with E-state index in [4.69, 9.17) is 0 Å². The second-order valence-corrected chi connectivity index (χ2v) is 9.71. The van der Waals surface area contributed by atoms with E-state index in [2.05, 4.69) is 84.1 Å². The molecule has 0 saturated heterocycles. The summed E-state index contributed by atoms with van der Waals surface area (Å²) in [5.74, 6) is 0. The zero-order chi connectivity index (χ0) is 25.6.